The molecule has 0 fully saturated rings. The number of anilines is 3. The summed E-state index contributed by atoms with van der Waals surface area (Å²) >= 11 is 0. The fourth-order valence-corrected chi connectivity index (χ4v) is 9.07. The maximum absolute atomic E-state index is 6.98. The highest BCUT2D eigenvalue weighted by Gasteiger charge is 2.21. The van der Waals surface area contributed by atoms with Crippen molar-refractivity contribution < 1.29 is 8.83 Å². The van der Waals surface area contributed by atoms with Crippen molar-refractivity contribution in [2.45, 2.75) is 0 Å². The number of aromatic nitrogens is 1. The average Bonchev–Trinajstić information content (AvgIpc) is 3.94. The lowest BCUT2D eigenvalue weighted by atomic mass is 9.90. The van der Waals surface area contributed by atoms with Gasteiger partial charge in [0.05, 0.1) is 0 Å². The topological polar surface area (TPSA) is 42.4 Å². The third-order valence-electron chi connectivity index (χ3n) is 11.9. The molecule has 0 aliphatic carbocycles. The standard InChI is InChI=1S/C57H36N2O2/c1-3-14-37(15-4-1)38-26-30-41(31-27-38)59(40-16-5-2-6-17-40)42-32-28-39(29-33-42)43-22-13-23-50-55-48-21-10-9-20-46(48)51(36-54(55)60-56(43)50)47-34-35-49(45-19-8-7-18-44(45)47)57-58-52-24-11-12-25-53(52)61-57/h1-36H. The second-order valence-corrected chi connectivity index (χ2v) is 15.5. The number of furan rings is 1. The van der Waals surface area contributed by atoms with Gasteiger partial charge in [0.25, 0.3) is 0 Å². The Hall–Kier alpha value is -8.21. The van der Waals surface area contributed by atoms with Gasteiger partial charge in [0.15, 0.2) is 5.58 Å². The van der Waals surface area contributed by atoms with Crippen molar-refractivity contribution in [3.8, 4) is 44.8 Å². The van der Waals surface area contributed by atoms with Gasteiger partial charge in [-0.25, -0.2) is 4.98 Å². The first-order valence-corrected chi connectivity index (χ1v) is 20.6. The Morgan fingerprint density at radius 3 is 1.59 bits per heavy atom. The number of para-hydroxylation sites is 4. The van der Waals surface area contributed by atoms with Gasteiger partial charge in [0, 0.05) is 39.0 Å². The van der Waals surface area contributed by atoms with E-state index in [1.165, 1.54) is 16.5 Å². The summed E-state index contributed by atoms with van der Waals surface area (Å²) in [4.78, 5) is 7.16. The zero-order chi connectivity index (χ0) is 40.3. The molecule has 0 N–H and O–H groups in total. The summed E-state index contributed by atoms with van der Waals surface area (Å²) < 4.78 is 13.2. The quantitative estimate of drug-likeness (QED) is 0.162. The maximum atomic E-state index is 6.98. The zero-order valence-corrected chi connectivity index (χ0v) is 33.0. The van der Waals surface area contributed by atoms with Gasteiger partial charge >= 0.3 is 0 Å². The molecule has 61 heavy (non-hydrogen) atoms. The van der Waals surface area contributed by atoms with E-state index < -0.39 is 0 Å². The van der Waals surface area contributed by atoms with Crippen molar-refractivity contribution >= 4 is 71.6 Å². The highest BCUT2D eigenvalue weighted by atomic mass is 16.3. The molecule has 4 heteroatoms. The fraction of sp³-hybridized carbons (Fsp3) is 0. The second-order valence-electron chi connectivity index (χ2n) is 15.5. The summed E-state index contributed by atoms with van der Waals surface area (Å²) in [6.07, 6.45) is 0. The summed E-state index contributed by atoms with van der Waals surface area (Å²) in [5.74, 6) is 0.618. The van der Waals surface area contributed by atoms with E-state index in [1.807, 2.05) is 24.3 Å². The lowest BCUT2D eigenvalue weighted by molar-refractivity contribution is 0.620. The third kappa shape index (κ3) is 5.88. The molecule has 0 unspecified atom stereocenters. The van der Waals surface area contributed by atoms with E-state index in [0.717, 1.165) is 94.1 Å². The van der Waals surface area contributed by atoms with Crippen molar-refractivity contribution in [2.75, 3.05) is 4.90 Å². The van der Waals surface area contributed by atoms with Crippen LogP contribution < -0.4 is 4.90 Å². The summed E-state index contributed by atoms with van der Waals surface area (Å²) in [5, 5.41) is 6.76. The Balaban J connectivity index is 0.963. The van der Waals surface area contributed by atoms with E-state index in [9.17, 15) is 0 Å². The summed E-state index contributed by atoms with van der Waals surface area (Å²) in [6.45, 7) is 0. The Morgan fingerprint density at radius 2 is 0.869 bits per heavy atom. The normalized spacial score (nSPS) is 11.6. The number of oxazole rings is 1. The Labute approximate surface area is 352 Å². The van der Waals surface area contributed by atoms with Gasteiger partial charge in [-0.3, -0.25) is 0 Å². The van der Waals surface area contributed by atoms with Crippen LogP contribution in [-0.4, -0.2) is 4.98 Å². The van der Waals surface area contributed by atoms with Crippen LogP contribution in [0, 0.1) is 0 Å². The number of rotatable bonds is 7. The van der Waals surface area contributed by atoms with Gasteiger partial charge in [-0.15, -0.1) is 0 Å². The molecule has 4 nitrogen and oxygen atoms in total. The molecule has 10 aromatic carbocycles. The van der Waals surface area contributed by atoms with E-state index in [-0.39, 0.29) is 0 Å². The summed E-state index contributed by atoms with van der Waals surface area (Å²) in [7, 11) is 0. The number of fused-ring (bicyclic) bond motifs is 7. The van der Waals surface area contributed by atoms with E-state index in [4.69, 9.17) is 13.8 Å². The molecule has 0 bridgehead atoms. The minimum atomic E-state index is 0.618. The van der Waals surface area contributed by atoms with Crippen LogP contribution in [0.2, 0.25) is 0 Å². The molecule has 0 aliphatic heterocycles. The number of benzene rings is 10. The predicted molar refractivity (Wildman–Crippen MR) is 253 cm³/mol. The molecular formula is C57H36N2O2. The molecule has 0 amide bonds. The van der Waals surface area contributed by atoms with Crippen molar-refractivity contribution in [3.05, 3.63) is 218 Å². The summed E-state index contributed by atoms with van der Waals surface area (Å²) in [6, 6.07) is 76.9. The minimum Gasteiger partial charge on any atom is -0.455 e. The van der Waals surface area contributed by atoms with Crippen LogP contribution >= 0.6 is 0 Å². The van der Waals surface area contributed by atoms with Crippen LogP contribution in [0.15, 0.2) is 227 Å². The van der Waals surface area contributed by atoms with Crippen LogP contribution in [-0.2, 0) is 0 Å². The molecule has 0 aliphatic rings. The molecule has 0 atom stereocenters. The highest BCUT2D eigenvalue weighted by Crippen LogP contribution is 2.45. The SMILES string of the molecule is c1ccc(-c2ccc(N(c3ccccc3)c3ccc(-c4cccc5c4oc4cc(-c6ccc(-c7nc8ccccc8o7)c7ccccc67)c6ccccc6c45)cc3)cc2)cc1. The molecule has 0 spiro atoms. The Kier molecular flexibility index (Phi) is 8.13. The number of hydrogen-bond acceptors (Lipinski definition) is 4. The number of nitrogens with zero attached hydrogens (tertiary/aromatic N) is 2. The highest BCUT2D eigenvalue weighted by molar-refractivity contribution is 6.24. The first-order valence-electron chi connectivity index (χ1n) is 20.6. The monoisotopic (exact) mass is 780 g/mol. The first-order chi connectivity index (χ1) is 30.2. The smallest absolute Gasteiger partial charge is 0.227 e. The number of hydrogen-bond donors (Lipinski definition) is 0. The van der Waals surface area contributed by atoms with E-state index in [2.05, 4.69) is 199 Å². The second kappa shape index (κ2) is 14.3. The molecule has 0 radical (unpaired) electrons. The molecule has 12 aromatic rings. The van der Waals surface area contributed by atoms with E-state index in [0.29, 0.717) is 5.89 Å². The van der Waals surface area contributed by atoms with Gasteiger partial charge in [-0.2, -0.15) is 0 Å². The molecule has 2 aromatic heterocycles. The first kappa shape index (κ1) is 34.8. The average molecular weight is 781 g/mol. The van der Waals surface area contributed by atoms with Crippen LogP contribution in [0.3, 0.4) is 0 Å². The van der Waals surface area contributed by atoms with Crippen LogP contribution in [0.1, 0.15) is 0 Å². The van der Waals surface area contributed by atoms with Crippen molar-refractivity contribution in [2.24, 2.45) is 0 Å². The zero-order valence-electron chi connectivity index (χ0n) is 33.0. The molecule has 286 valence electrons. The van der Waals surface area contributed by atoms with Gasteiger partial charge in [-0.1, -0.05) is 158 Å². The lowest BCUT2D eigenvalue weighted by Crippen LogP contribution is -2.09. The lowest BCUT2D eigenvalue weighted by Gasteiger charge is -2.26. The summed E-state index contributed by atoms with van der Waals surface area (Å²) in [5.41, 5.74) is 14.4. The minimum absolute atomic E-state index is 0.618. The van der Waals surface area contributed by atoms with Gasteiger partial charge < -0.3 is 13.7 Å². The van der Waals surface area contributed by atoms with Gasteiger partial charge in [-0.05, 0) is 110 Å². The molecule has 2 heterocycles. The fourth-order valence-electron chi connectivity index (χ4n) is 9.07. The van der Waals surface area contributed by atoms with E-state index in [1.54, 1.807) is 0 Å². The van der Waals surface area contributed by atoms with Crippen LogP contribution in [0.5, 0.6) is 0 Å². The largest absolute Gasteiger partial charge is 0.455 e. The van der Waals surface area contributed by atoms with Crippen LogP contribution in [0.4, 0.5) is 17.1 Å². The van der Waals surface area contributed by atoms with Crippen molar-refractivity contribution in [1.82, 2.24) is 4.98 Å². The Bertz CT molecular complexity index is 3540. The third-order valence-corrected chi connectivity index (χ3v) is 11.9. The van der Waals surface area contributed by atoms with Crippen molar-refractivity contribution in [1.29, 1.82) is 0 Å². The van der Waals surface area contributed by atoms with Crippen molar-refractivity contribution in [3.63, 3.8) is 0 Å². The predicted octanol–water partition coefficient (Wildman–Crippen LogP) is 16.2. The van der Waals surface area contributed by atoms with Gasteiger partial charge in [0.2, 0.25) is 5.89 Å². The Morgan fingerprint density at radius 1 is 0.328 bits per heavy atom. The molecule has 12 rings (SSSR count). The van der Waals surface area contributed by atoms with E-state index >= 15 is 0 Å². The van der Waals surface area contributed by atoms with Crippen LogP contribution in [0.25, 0.3) is 99.4 Å². The molecule has 0 saturated carbocycles. The maximum Gasteiger partial charge on any atom is 0.227 e. The molecular weight excluding hydrogens is 745 g/mol. The van der Waals surface area contributed by atoms with Gasteiger partial charge in [0.1, 0.15) is 16.7 Å². The molecule has 0 saturated heterocycles.